The summed E-state index contributed by atoms with van der Waals surface area (Å²) >= 11 is 0. The number of para-hydroxylation sites is 1. The van der Waals surface area contributed by atoms with Crippen LogP contribution in [0.1, 0.15) is 24.9 Å². The molecule has 0 saturated carbocycles. The van der Waals surface area contributed by atoms with Gasteiger partial charge in [0, 0.05) is 0 Å². The van der Waals surface area contributed by atoms with E-state index >= 15 is 0 Å². The highest BCUT2D eigenvalue weighted by Gasteiger charge is 2.60. The maximum absolute atomic E-state index is 13.7. The number of nitrogens with zero attached hydrogens (tertiary/aromatic N) is 2. The number of carbonyl (C=O) groups excluding carboxylic acids is 2. The Hall–Kier alpha value is -3.91. The lowest BCUT2D eigenvalue weighted by Crippen LogP contribution is -2.37. The molecule has 2 amide bonds. The number of anilines is 2. The van der Waals surface area contributed by atoms with E-state index in [1.54, 1.807) is 18.2 Å². The molecule has 0 aromatic heterocycles. The van der Waals surface area contributed by atoms with E-state index in [2.05, 4.69) is 0 Å². The average Bonchev–Trinajstić information content (AvgIpc) is 3.39. The number of benzene rings is 3. The molecular formula is C27H25FN2O5. The van der Waals surface area contributed by atoms with Gasteiger partial charge in [-0.25, -0.2) is 14.4 Å². The molecule has 8 heteroatoms. The first-order valence-corrected chi connectivity index (χ1v) is 11.5. The zero-order chi connectivity index (χ0) is 24.5. The molecule has 2 fully saturated rings. The van der Waals surface area contributed by atoms with Crippen molar-refractivity contribution in [2.24, 2.45) is 5.92 Å². The first-order valence-electron chi connectivity index (χ1n) is 11.5. The van der Waals surface area contributed by atoms with Crippen molar-refractivity contribution in [2.45, 2.75) is 25.5 Å². The summed E-state index contributed by atoms with van der Waals surface area (Å²) in [5.74, 6) is -1.01. The van der Waals surface area contributed by atoms with Crippen LogP contribution in [0.2, 0.25) is 0 Å². The summed E-state index contributed by atoms with van der Waals surface area (Å²) in [5, 5.41) is 1.62. The Morgan fingerprint density at radius 1 is 0.914 bits per heavy atom. The summed E-state index contributed by atoms with van der Waals surface area (Å²) in [7, 11) is 1.56. The van der Waals surface area contributed by atoms with Crippen LogP contribution in [0.15, 0.2) is 72.8 Å². The van der Waals surface area contributed by atoms with E-state index in [0.717, 1.165) is 16.9 Å². The van der Waals surface area contributed by atoms with Gasteiger partial charge in [0.2, 0.25) is 5.91 Å². The van der Waals surface area contributed by atoms with Crippen molar-refractivity contribution in [2.75, 3.05) is 23.7 Å². The van der Waals surface area contributed by atoms with Gasteiger partial charge in [-0.05, 0) is 60.5 Å². The first kappa shape index (κ1) is 22.9. The Balaban J connectivity index is 1.57. The minimum absolute atomic E-state index is 0.310. The monoisotopic (exact) mass is 476 g/mol. The van der Waals surface area contributed by atoms with E-state index in [-0.39, 0.29) is 0 Å². The van der Waals surface area contributed by atoms with E-state index in [1.807, 2.05) is 49.4 Å². The molecule has 0 radical (unpaired) electrons. The number of ether oxygens (including phenoxy) is 2. The van der Waals surface area contributed by atoms with Crippen LogP contribution in [0.3, 0.4) is 0 Å². The lowest BCUT2D eigenvalue weighted by atomic mass is 9.90. The highest BCUT2D eigenvalue weighted by Crippen LogP contribution is 2.48. The molecule has 3 atom stereocenters. The van der Waals surface area contributed by atoms with Crippen LogP contribution in [0.4, 0.5) is 15.8 Å². The molecule has 2 heterocycles. The number of hydroxylamine groups is 1. The van der Waals surface area contributed by atoms with Crippen LogP contribution in [-0.2, 0) is 14.4 Å². The van der Waals surface area contributed by atoms with Gasteiger partial charge in [0.05, 0.1) is 31.1 Å². The van der Waals surface area contributed by atoms with Gasteiger partial charge in [-0.15, -0.1) is 0 Å². The zero-order valence-electron chi connectivity index (χ0n) is 19.4. The van der Waals surface area contributed by atoms with Gasteiger partial charge in [-0.2, -0.15) is 0 Å². The quantitative estimate of drug-likeness (QED) is 0.462. The normalized spacial score (nSPS) is 21.4. The SMILES string of the molecule is CCCOc1ccc([C@@H]2[C@H]3C(=O)N(c4ccc(F)cc4)C(=O)[C@H]3ON2c2ccccc2)cc1OC. The fourth-order valence-corrected chi connectivity index (χ4v) is 4.60. The van der Waals surface area contributed by atoms with Gasteiger partial charge in [0.15, 0.2) is 17.6 Å². The van der Waals surface area contributed by atoms with Crippen LogP contribution in [0.5, 0.6) is 11.5 Å². The molecule has 2 aliphatic rings. The molecule has 3 aromatic rings. The van der Waals surface area contributed by atoms with Gasteiger partial charge in [0.1, 0.15) is 11.7 Å². The number of halogens is 1. The van der Waals surface area contributed by atoms with Gasteiger partial charge in [-0.3, -0.25) is 14.4 Å². The number of hydrogen-bond acceptors (Lipinski definition) is 6. The van der Waals surface area contributed by atoms with Gasteiger partial charge < -0.3 is 9.47 Å². The van der Waals surface area contributed by atoms with Crippen molar-refractivity contribution in [1.29, 1.82) is 0 Å². The molecule has 5 rings (SSSR count). The van der Waals surface area contributed by atoms with Crippen molar-refractivity contribution in [1.82, 2.24) is 0 Å². The third-order valence-corrected chi connectivity index (χ3v) is 6.20. The fraction of sp³-hybridized carbons (Fsp3) is 0.259. The second kappa shape index (κ2) is 9.38. The van der Waals surface area contributed by atoms with Gasteiger partial charge in [0.25, 0.3) is 5.91 Å². The molecule has 0 spiro atoms. The highest BCUT2D eigenvalue weighted by atomic mass is 19.1. The summed E-state index contributed by atoms with van der Waals surface area (Å²) in [6.07, 6.45) is -0.164. The maximum atomic E-state index is 13.7. The van der Waals surface area contributed by atoms with Crippen molar-refractivity contribution in [3.8, 4) is 11.5 Å². The number of methoxy groups -OCH3 is 1. The Bertz CT molecular complexity index is 1230. The van der Waals surface area contributed by atoms with Crippen molar-refractivity contribution in [3.05, 3.63) is 84.2 Å². The van der Waals surface area contributed by atoms with Crippen molar-refractivity contribution >= 4 is 23.2 Å². The summed E-state index contributed by atoms with van der Waals surface area (Å²) in [6.45, 7) is 2.56. The second-order valence-corrected chi connectivity index (χ2v) is 8.41. The smallest absolute Gasteiger partial charge is 0.266 e. The largest absolute Gasteiger partial charge is 0.493 e. The molecule has 2 saturated heterocycles. The number of amides is 2. The summed E-state index contributed by atoms with van der Waals surface area (Å²) < 4.78 is 24.8. The molecule has 0 bridgehead atoms. The van der Waals surface area contributed by atoms with Crippen molar-refractivity contribution in [3.63, 3.8) is 0 Å². The van der Waals surface area contributed by atoms with Crippen LogP contribution in [0.25, 0.3) is 0 Å². The number of fused-ring (bicyclic) bond motifs is 1. The molecule has 35 heavy (non-hydrogen) atoms. The van der Waals surface area contributed by atoms with E-state index in [0.29, 0.717) is 29.5 Å². The molecule has 0 N–H and O–H groups in total. The highest BCUT2D eigenvalue weighted by molar-refractivity contribution is 6.23. The summed E-state index contributed by atoms with van der Waals surface area (Å²) in [5.41, 5.74) is 1.76. The van der Waals surface area contributed by atoms with E-state index in [9.17, 15) is 14.0 Å². The van der Waals surface area contributed by atoms with Crippen LogP contribution >= 0.6 is 0 Å². The molecule has 2 aliphatic heterocycles. The topological polar surface area (TPSA) is 68.3 Å². The minimum Gasteiger partial charge on any atom is -0.493 e. The van der Waals surface area contributed by atoms with E-state index in [4.69, 9.17) is 14.3 Å². The lowest BCUT2D eigenvalue weighted by molar-refractivity contribution is -0.126. The zero-order valence-corrected chi connectivity index (χ0v) is 19.4. The number of hydrogen-bond donors (Lipinski definition) is 0. The van der Waals surface area contributed by atoms with Crippen LogP contribution < -0.4 is 19.4 Å². The van der Waals surface area contributed by atoms with Gasteiger partial charge in [-0.1, -0.05) is 31.2 Å². The number of imide groups is 1. The fourth-order valence-electron chi connectivity index (χ4n) is 4.60. The standard InChI is InChI=1S/C27H25FN2O5/c1-3-15-34-21-14-9-17(16-22(21)33-2)24-23-25(35-30(24)20-7-5-4-6-8-20)27(32)29(26(23)31)19-12-10-18(28)11-13-19/h4-14,16,23-25H,3,15H2,1-2H3/t23-,24-,25+/m1/s1. The predicted molar refractivity (Wildman–Crippen MR) is 128 cm³/mol. The third kappa shape index (κ3) is 4.00. The Labute approximate surface area is 202 Å². The maximum Gasteiger partial charge on any atom is 0.266 e. The van der Waals surface area contributed by atoms with E-state index < -0.39 is 35.7 Å². The number of rotatable bonds is 7. The Morgan fingerprint density at radius 3 is 2.34 bits per heavy atom. The predicted octanol–water partition coefficient (Wildman–Crippen LogP) is 4.67. The van der Waals surface area contributed by atoms with Crippen molar-refractivity contribution < 1.29 is 28.3 Å². The molecule has 0 aliphatic carbocycles. The number of carbonyl (C=O) groups is 2. The summed E-state index contributed by atoms with van der Waals surface area (Å²) in [6, 6.07) is 19.5. The van der Waals surface area contributed by atoms with Crippen LogP contribution in [-0.4, -0.2) is 31.6 Å². The Kier molecular flexibility index (Phi) is 6.13. The molecule has 3 aromatic carbocycles. The minimum atomic E-state index is -1.01. The lowest BCUT2D eigenvalue weighted by Gasteiger charge is -2.29. The van der Waals surface area contributed by atoms with E-state index in [1.165, 1.54) is 24.3 Å². The second-order valence-electron chi connectivity index (χ2n) is 8.41. The molecule has 7 nitrogen and oxygen atoms in total. The average molecular weight is 477 g/mol. The Morgan fingerprint density at radius 2 is 1.66 bits per heavy atom. The van der Waals surface area contributed by atoms with Crippen LogP contribution in [0, 0.1) is 11.7 Å². The molecular weight excluding hydrogens is 451 g/mol. The molecule has 180 valence electrons. The molecule has 0 unspecified atom stereocenters. The first-order chi connectivity index (χ1) is 17.0. The summed E-state index contributed by atoms with van der Waals surface area (Å²) in [4.78, 5) is 34.2. The van der Waals surface area contributed by atoms with Gasteiger partial charge >= 0.3 is 0 Å². The third-order valence-electron chi connectivity index (χ3n) is 6.20.